The van der Waals surface area contributed by atoms with Gasteiger partial charge in [0.15, 0.2) is 0 Å². The molecule has 0 aromatic heterocycles. The van der Waals surface area contributed by atoms with Gasteiger partial charge in [0.05, 0.1) is 5.66 Å². The fourth-order valence-electron chi connectivity index (χ4n) is 2.16. The van der Waals surface area contributed by atoms with Crippen molar-refractivity contribution in [2.24, 2.45) is 11.5 Å². The minimum absolute atomic E-state index is 0.677. The molecule has 17 heavy (non-hydrogen) atoms. The van der Waals surface area contributed by atoms with E-state index < -0.39 is 5.66 Å². The van der Waals surface area contributed by atoms with Crippen LogP contribution in [0.4, 0.5) is 0 Å². The van der Waals surface area contributed by atoms with Crippen LogP contribution in [0.25, 0.3) is 5.57 Å². The van der Waals surface area contributed by atoms with Gasteiger partial charge in [0.2, 0.25) is 0 Å². The Hall–Kier alpha value is -1.38. The second-order valence-corrected chi connectivity index (χ2v) is 4.72. The Morgan fingerprint density at radius 2 is 2.00 bits per heavy atom. The molecule has 0 spiro atoms. The molecule has 0 atom stereocenters. The van der Waals surface area contributed by atoms with E-state index in [1.54, 1.807) is 0 Å². The number of rotatable bonds is 3. The highest BCUT2D eigenvalue weighted by Gasteiger charge is 2.18. The van der Waals surface area contributed by atoms with Crippen molar-refractivity contribution in [1.82, 2.24) is 0 Å². The highest BCUT2D eigenvalue weighted by molar-refractivity contribution is 5.77. The Kier molecular flexibility index (Phi) is 3.46. The predicted molar refractivity (Wildman–Crippen MR) is 73.3 cm³/mol. The summed E-state index contributed by atoms with van der Waals surface area (Å²) in [5.41, 5.74) is 15.0. The summed E-state index contributed by atoms with van der Waals surface area (Å²) in [6, 6.07) is 8.54. The average molecular weight is 228 g/mol. The molecular weight excluding hydrogens is 208 g/mol. The van der Waals surface area contributed by atoms with E-state index in [-0.39, 0.29) is 0 Å². The van der Waals surface area contributed by atoms with E-state index in [0.29, 0.717) is 6.42 Å². The molecule has 0 fully saturated rings. The highest BCUT2D eigenvalue weighted by atomic mass is 14.9. The lowest BCUT2D eigenvalue weighted by Crippen LogP contribution is -2.47. The van der Waals surface area contributed by atoms with Gasteiger partial charge in [-0.15, -0.1) is 0 Å². The molecule has 1 aliphatic rings. The van der Waals surface area contributed by atoms with Crippen molar-refractivity contribution in [3.05, 3.63) is 53.6 Å². The van der Waals surface area contributed by atoms with Gasteiger partial charge in [0, 0.05) is 6.42 Å². The predicted octanol–water partition coefficient (Wildman–Crippen LogP) is 2.60. The van der Waals surface area contributed by atoms with E-state index >= 15 is 0 Å². The molecule has 0 radical (unpaired) electrons. The van der Waals surface area contributed by atoms with Crippen LogP contribution in [-0.4, -0.2) is 5.66 Å². The van der Waals surface area contributed by atoms with Gasteiger partial charge in [-0.05, 0) is 29.2 Å². The van der Waals surface area contributed by atoms with Crippen LogP contribution in [0.2, 0.25) is 0 Å². The molecule has 0 amide bonds. The van der Waals surface area contributed by atoms with Gasteiger partial charge >= 0.3 is 0 Å². The van der Waals surface area contributed by atoms with Crippen LogP contribution in [0, 0.1) is 0 Å². The van der Waals surface area contributed by atoms with E-state index in [0.717, 1.165) is 12.8 Å². The van der Waals surface area contributed by atoms with Gasteiger partial charge in [-0.1, -0.05) is 49.8 Å². The van der Waals surface area contributed by atoms with Crippen molar-refractivity contribution in [1.29, 1.82) is 0 Å². The molecule has 4 N–H and O–H groups in total. The van der Waals surface area contributed by atoms with Crippen molar-refractivity contribution < 1.29 is 0 Å². The third-order valence-electron chi connectivity index (χ3n) is 3.10. The van der Waals surface area contributed by atoms with Crippen LogP contribution < -0.4 is 11.5 Å². The van der Waals surface area contributed by atoms with E-state index in [1.807, 2.05) is 12.2 Å². The molecule has 0 saturated heterocycles. The lowest BCUT2D eigenvalue weighted by Gasteiger charge is -2.23. The Labute approximate surface area is 103 Å². The monoisotopic (exact) mass is 228 g/mol. The van der Waals surface area contributed by atoms with Crippen LogP contribution >= 0.6 is 0 Å². The topological polar surface area (TPSA) is 52.0 Å². The van der Waals surface area contributed by atoms with Gasteiger partial charge in [0.1, 0.15) is 0 Å². The Bertz CT molecular complexity index is 456. The molecule has 0 bridgehead atoms. The molecule has 0 saturated carbocycles. The summed E-state index contributed by atoms with van der Waals surface area (Å²) in [7, 11) is 0. The largest absolute Gasteiger partial charge is 0.310 e. The summed E-state index contributed by atoms with van der Waals surface area (Å²) in [5, 5.41) is 0. The van der Waals surface area contributed by atoms with Gasteiger partial charge in [-0.2, -0.15) is 0 Å². The third kappa shape index (κ3) is 2.84. The zero-order valence-corrected chi connectivity index (χ0v) is 10.3. The first-order chi connectivity index (χ1) is 8.12. The average Bonchev–Trinajstić information content (AvgIpc) is 2.31. The van der Waals surface area contributed by atoms with Gasteiger partial charge in [0.25, 0.3) is 0 Å². The number of hydrogen-bond donors (Lipinski definition) is 2. The molecule has 0 unspecified atom stereocenters. The van der Waals surface area contributed by atoms with E-state index in [9.17, 15) is 0 Å². The molecule has 1 aliphatic carbocycles. The molecule has 0 heterocycles. The van der Waals surface area contributed by atoms with Crippen molar-refractivity contribution in [3.63, 3.8) is 0 Å². The van der Waals surface area contributed by atoms with Gasteiger partial charge in [-0.25, -0.2) is 0 Å². The maximum Gasteiger partial charge on any atom is 0.0867 e. The lowest BCUT2D eigenvalue weighted by atomic mass is 9.90. The summed E-state index contributed by atoms with van der Waals surface area (Å²) in [6.07, 6.45) is 9.03. The summed E-state index contributed by atoms with van der Waals surface area (Å²) in [5.74, 6) is 0. The number of benzene rings is 1. The van der Waals surface area contributed by atoms with Crippen LogP contribution in [0.3, 0.4) is 0 Å². The Morgan fingerprint density at radius 1 is 1.24 bits per heavy atom. The third-order valence-corrected chi connectivity index (χ3v) is 3.10. The van der Waals surface area contributed by atoms with Crippen molar-refractivity contribution in [2.45, 2.75) is 31.8 Å². The van der Waals surface area contributed by atoms with Crippen molar-refractivity contribution in [2.75, 3.05) is 0 Å². The summed E-state index contributed by atoms with van der Waals surface area (Å²) >= 11 is 0. The number of hydrogen-bond acceptors (Lipinski definition) is 2. The molecule has 0 aliphatic heterocycles. The first kappa shape index (κ1) is 12.1. The molecule has 1 aromatic rings. The smallest absolute Gasteiger partial charge is 0.0867 e. The van der Waals surface area contributed by atoms with E-state index in [2.05, 4.69) is 37.3 Å². The first-order valence-corrected chi connectivity index (χ1v) is 6.18. The Morgan fingerprint density at radius 3 is 2.65 bits per heavy atom. The molecule has 2 nitrogen and oxygen atoms in total. The summed E-state index contributed by atoms with van der Waals surface area (Å²) in [6.45, 7) is 2.20. The minimum atomic E-state index is -0.677. The fraction of sp³-hybridized carbons (Fsp3) is 0.333. The molecular formula is C15H20N2. The zero-order valence-electron chi connectivity index (χ0n) is 10.3. The van der Waals surface area contributed by atoms with Crippen LogP contribution in [0.5, 0.6) is 0 Å². The first-order valence-electron chi connectivity index (χ1n) is 6.18. The second kappa shape index (κ2) is 4.86. The summed E-state index contributed by atoms with van der Waals surface area (Å²) < 4.78 is 0. The molecule has 2 heteroatoms. The maximum absolute atomic E-state index is 5.86. The van der Waals surface area contributed by atoms with Gasteiger partial charge in [-0.3, -0.25) is 0 Å². The highest BCUT2D eigenvalue weighted by Crippen LogP contribution is 2.26. The Balaban J connectivity index is 2.30. The fourth-order valence-corrected chi connectivity index (χ4v) is 2.16. The zero-order chi connectivity index (χ0) is 12.3. The van der Waals surface area contributed by atoms with Crippen LogP contribution in [-0.2, 0) is 6.42 Å². The quantitative estimate of drug-likeness (QED) is 0.781. The maximum atomic E-state index is 5.86. The number of aryl methyl sites for hydroxylation is 1. The van der Waals surface area contributed by atoms with Crippen molar-refractivity contribution in [3.8, 4) is 0 Å². The van der Waals surface area contributed by atoms with E-state index in [4.69, 9.17) is 11.5 Å². The van der Waals surface area contributed by atoms with Crippen molar-refractivity contribution >= 4 is 5.57 Å². The standard InChI is InChI=1S/C15H20N2/c1-2-5-12-6-3-4-7-14(12)13-8-10-15(16,17)11-9-13/h3-4,6-10H,2,5,11,16-17H2,1H3. The minimum Gasteiger partial charge on any atom is -0.310 e. The normalized spacial score (nSPS) is 17.9. The van der Waals surface area contributed by atoms with Crippen LogP contribution in [0.1, 0.15) is 30.9 Å². The lowest BCUT2D eigenvalue weighted by molar-refractivity contribution is 0.558. The van der Waals surface area contributed by atoms with Crippen LogP contribution in [0.15, 0.2) is 42.5 Å². The second-order valence-electron chi connectivity index (χ2n) is 4.72. The van der Waals surface area contributed by atoms with Gasteiger partial charge < -0.3 is 11.5 Å². The number of nitrogens with two attached hydrogens (primary N) is 2. The SMILES string of the molecule is CCCc1ccccc1C1=CCC(N)(N)C=C1. The molecule has 90 valence electrons. The molecule has 2 rings (SSSR count). The summed E-state index contributed by atoms with van der Waals surface area (Å²) in [4.78, 5) is 0. The van der Waals surface area contributed by atoms with E-state index in [1.165, 1.54) is 16.7 Å². The number of allylic oxidation sites excluding steroid dienone is 2. The molecule has 1 aromatic carbocycles.